The number of imidazole rings is 1. The number of hydrogen-bond acceptors (Lipinski definition) is 4. The number of aromatic nitrogens is 2. The first kappa shape index (κ1) is 13.0. The summed E-state index contributed by atoms with van der Waals surface area (Å²) in [5.41, 5.74) is 2.81. The molecule has 0 aliphatic rings. The van der Waals surface area contributed by atoms with Gasteiger partial charge in [-0.2, -0.15) is 0 Å². The second-order valence-corrected chi connectivity index (χ2v) is 6.14. The number of fused-ring (bicyclic) bond motifs is 2. The van der Waals surface area contributed by atoms with Gasteiger partial charge in [0.15, 0.2) is 0 Å². The summed E-state index contributed by atoms with van der Waals surface area (Å²) in [7, 11) is 0. The van der Waals surface area contributed by atoms with Crippen molar-refractivity contribution < 1.29 is 4.92 Å². The van der Waals surface area contributed by atoms with Crippen molar-refractivity contribution in [3.63, 3.8) is 0 Å². The van der Waals surface area contributed by atoms with E-state index in [0.29, 0.717) is 5.65 Å². The first-order valence-corrected chi connectivity index (χ1v) is 7.57. The molecule has 0 amide bonds. The molecule has 0 saturated heterocycles. The van der Waals surface area contributed by atoms with Gasteiger partial charge in [0.1, 0.15) is 5.65 Å². The third kappa shape index (κ3) is 1.88. The van der Waals surface area contributed by atoms with Gasteiger partial charge in [-0.05, 0) is 30.0 Å². The normalized spacial score (nSPS) is 11.3. The Morgan fingerprint density at radius 1 is 1.18 bits per heavy atom. The van der Waals surface area contributed by atoms with Gasteiger partial charge < -0.3 is 0 Å². The summed E-state index contributed by atoms with van der Waals surface area (Å²) in [6, 6.07) is 11.4. The maximum Gasteiger partial charge on any atom is 0.286 e. The van der Waals surface area contributed by atoms with E-state index in [2.05, 4.69) is 24.0 Å². The lowest BCUT2D eigenvalue weighted by Crippen LogP contribution is -1.90. The van der Waals surface area contributed by atoms with Crippen LogP contribution < -0.4 is 0 Å². The van der Waals surface area contributed by atoms with E-state index in [0.717, 1.165) is 10.6 Å². The molecule has 6 heteroatoms. The van der Waals surface area contributed by atoms with Gasteiger partial charge in [0, 0.05) is 17.0 Å². The fourth-order valence-corrected chi connectivity index (χ4v) is 3.78. The standard InChI is InChI=1S/C16H11N3O2S/c1-10-12-4-2-3-5-14(12)22-16(10)13-9-18-8-11(19(20)21)6-7-15(18)17-13/h2-9H,1H3. The van der Waals surface area contributed by atoms with Crippen LogP contribution >= 0.6 is 11.3 Å². The number of rotatable bonds is 2. The average Bonchev–Trinajstić information content (AvgIpc) is 3.08. The summed E-state index contributed by atoms with van der Waals surface area (Å²) in [6.07, 6.45) is 3.34. The predicted octanol–water partition coefficient (Wildman–Crippen LogP) is 4.43. The molecule has 3 aromatic heterocycles. The highest BCUT2D eigenvalue weighted by Gasteiger charge is 2.14. The van der Waals surface area contributed by atoms with Crippen molar-refractivity contribution in [1.29, 1.82) is 0 Å². The van der Waals surface area contributed by atoms with E-state index in [4.69, 9.17) is 0 Å². The summed E-state index contributed by atoms with van der Waals surface area (Å²) in [5, 5.41) is 12.1. The molecule has 0 aliphatic carbocycles. The smallest absolute Gasteiger partial charge is 0.286 e. The highest BCUT2D eigenvalue weighted by molar-refractivity contribution is 7.22. The van der Waals surface area contributed by atoms with Crippen molar-refractivity contribution in [3.05, 3.63) is 64.5 Å². The summed E-state index contributed by atoms with van der Waals surface area (Å²) in [5.74, 6) is 0. The molecule has 1 aromatic carbocycles. The van der Waals surface area contributed by atoms with Gasteiger partial charge in [0.25, 0.3) is 5.69 Å². The third-order valence-corrected chi connectivity index (χ3v) is 5.02. The van der Waals surface area contributed by atoms with E-state index in [-0.39, 0.29) is 5.69 Å². The van der Waals surface area contributed by atoms with Crippen LogP contribution in [-0.2, 0) is 0 Å². The zero-order valence-corrected chi connectivity index (χ0v) is 12.5. The molecule has 4 rings (SSSR count). The Balaban J connectivity index is 1.92. The molecule has 4 aromatic rings. The lowest BCUT2D eigenvalue weighted by atomic mass is 10.1. The Kier molecular flexibility index (Phi) is 2.74. The van der Waals surface area contributed by atoms with E-state index < -0.39 is 4.92 Å². The quantitative estimate of drug-likeness (QED) is 0.406. The SMILES string of the molecule is Cc1c(-c2cn3cc([N+](=O)[O-])ccc3n2)sc2ccccc12. The largest absolute Gasteiger partial charge is 0.300 e. The molecule has 0 bridgehead atoms. The lowest BCUT2D eigenvalue weighted by molar-refractivity contribution is -0.385. The van der Waals surface area contributed by atoms with Crippen molar-refractivity contribution in [2.45, 2.75) is 6.92 Å². The molecule has 3 heterocycles. The second-order valence-electron chi connectivity index (χ2n) is 5.09. The lowest BCUT2D eigenvalue weighted by Gasteiger charge is -1.93. The minimum atomic E-state index is -0.399. The number of aryl methyl sites for hydroxylation is 1. The Morgan fingerprint density at radius 2 is 2.00 bits per heavy atom. The molecule has 108 valence electrons. The Labute approximate surface area is 129 Å². The highest BCUT2D eigenvalue weighted by atomic mass is 32.1. The van der Waals surface area contributed by atoms with Crippen molar-refractivity contribution in [2.24, 2.45) is 0 Å². The summed E-state index contributed by atoms with van der Waals surface area (Å²) < 4.78 is 2.93. The molecule has 0 spiro atoms. The molecule has 0 N–H and O–H groups in total. The summed E-state index contributed by atoms with van der Waals surface area (Å²) in [4.78, 5) is 16.2. The Bertz CT molecular complexity index is 1030. The molecule has 5 nitrogen and oxygen atoms in total. The van der Waals surface area contributed by atoms with E-state index in [1.54, 1.807) is 21.8 Å². The van der Waals surface area contributed by atoms with Gasteiger partial charge in [0.05, 0.1) is 21.7 Å². The van der Waals surface area contributed by atoms with Crippen LogP contribution in [0.1, 0.15) is 5.56 Å². The number of nitrogens with zero attached hydrogens (tertiary/aromatic N) is 3. The van der Waals surface area contributed by atoms with E-state index in [1.165, 1.54) is 27.9 Å². The number of nitro groups is 1. The number of pyridine rings is 1. The van der Waals surface area contributed by atoms with Crippen molar-refractivity contribution >= 4 is 32.8 Å². The van der Waals surface area contributed by atoms with Crippen molar-refractivity contribution in [3.8, 4) is 10.6 Å². The minimum absolute atomic E-state index is 0.0597. The van der Waals surface area contributed by atoms with Crippen LogP contribution in [0.5, 0.6) is 0 Å². The molecule has 22 heavy (non-hydrogen) atoms. The molecular formula is C16H11N3O2S. The number of hydrogen-bond donors (Lipinski definition) is 0. The monoisotopic (exact) mass is 309 g/mol. The maximum absolute atomic E-state index is 10.9. The molecule has 0 radical (unpaired) electrons. The molecule has 0 aliphatic heterocycles. The zero-order chi connectivity index (χ0) is 15.3. The molecule has 0 saturated carbocycles. The second kappa shape index (κ2) is 4.64. The van der Waals surface area contributed by atoms with Crippen LogP contribution in [0.2, 0.25) is 0 Å². The van der Waals surface area contributed by atoms with Crippen LogP contribution in [0.25, 0.3) is 26.3 Å². The van der Waals surface area contributed by atoms with Crippen LogP contribution in [0, 0.1) is 17.0 Å². The van der Waals surface area contributed by atoms with Gasteiger partial charge in [-0.15, -0.1) is 11.3 Å². The number of thiophene rings is 1. The Hall–Kier alpha value is -2.73. The molecule has 0 fully saturated rings. The average molecular weight is 309 g/mol. The first-order valence-electron chi connectivity index (χ1n) is 6.75. The topological polar surface area (TPSA) is 60.4 Å². The van der Waals surface area contributed by atoms with E-state index in [1.807, 2.05) is 18.3 Å². The van der Waals surface area contributed by atoms with Crippen molar-refractivity contribution in [1.82, 2.24) is 9.38 Å². The summed E-state index contributed by atoms with van der Waals surface area (Å²) >= 11 is 1.69. The van der Waals surface area contributed by atoms with Gasteiger partial charge >= 0.3 is 0 Å². The van der Waals surface area contributed by atoms with Crippen molar-refractivity contribution in [2.75, 3.05) is 0 Å². The predicted molar refractivity (Wildman–Crippen MR) is 87.4 cm³/mol. The fourth-order valence-electron chi connectivity index (χ4n) is 2.62. The van der Waals surface area contributed by atoms with Gasteiger partial charge in [-0.1, -0.05) is 18.2 Å². The minimum Gasteiger partial charge on any atom is -0.300 e. The first-order chi connectivity index (χ1) is 10.6. The van der Waals surface area contributed by atoms with E-state index >= 15 is 0 Å². The Morgan fingerprint density at radius 3 is 2.77 bits per heavy atom. The van der Waals surface area contributed by atoms with Crippen LogP contribution in [0.4, 0.5) is 5.69 Å². The zero-order valence-electron chi connectivity index (χ0n) is 11.7. The van der Waals surface area contributed by atoms with Crippen LogP contribution in [0.15, 0.2) is 48.8 Å². The van der Waals surface area contributed by atoms with Gasteiger partial charge in [-0.25, -0.2) is 4.98 Å². The fraction of sp³-hybridized carbons (Fsp3) is 0.0625. The summed E-state index contributed by atoms with van der Waals surface area (Å²) in [6.45, 7) is 2.08. The molecule has 0 unspecified atom stereocenters. The van der Waals surface area contributed by atoms with E-state index in [9.17, 15) is 10.1 Å². The highest BCUT2D eigenvalue weighted by Crippen LogP contribution is 2.37. The van der Waals surface area contributed by atoms with Crippen LogP contribution in [0.3, 0.4) is 0 Å². The number of benzene rings is 1. The molecular weight excluding hydrogens is 298 g/mol. The molecule has 0 atom stereocenters. The third-order valence-electron chi connectivity index (χ3n) is 3.72. The van der Waals surface area contributed by atoms with Gasteiger partial charge in [-0.3, -0.25) is 14.5 Å². The van der Waals surface area contributed by atoms with Gasteiger partial charge in [0.2, 0.25) is 0 Å². The van der Waals surface area contributed by atoms with Crippen LogP contribution in [-0.4, -0.2) is 14.3 Å². The maximum atomic E-state index is 10.9.